The summed E-state index contributed by atoms with van der Waals surface area (Å²) in [5.74, 6) is 0.168. The molecule has 1 fully saturated rings. The molecule has 1 saturated heterocycles. The van der Waals surface area contributed by atoms with Gasteiger partial charge in [-0.2, -0.15) is 0 Å². The average molecular weight is 346 g/mol. The van der Waals surface area contributed by atoms with Gasteiger partial charge in [-0.1, -0.05) is 6.07 Å². The molecule has 4 rings (SSSR count). The van der Waals surface area contributed by atoms with Gasteiger partial charge in [-0.05, 0) is 23.4 Å². The summed E-state index contributed by atoms with van der Waals surface area (Å²) in [5.41, 5.74) is 4.92. The van der Waals surface area contributed by atoms with E-state index in [2.05, 4.69) is 20.9 Å². The van der Waals surface area contributed by atoms with E-state index in [4.69, 9.17) is 14.1 Å². The first kappa shape index (κ1) is 15.9. The smallest absolute Gasteiger partial charge is 0.254 e. The number of hydrogen-bond donors (Lipinski definition) is 2. The molecule has 0 spiro atoms. The molecule has 0 aliphatic carbocycles. The van der Waals surface area contributed by atoms with Crippen molar-refractivity contribution in [1.29, 1.82) is 0 Å². The molecular formula is C17H19FN4O3. The third-order valence-corrected chi connectivity index (χ3v) is 4.20. The summed E-state index contributed by atoms with van der Waals surface area (Å²) in [6.45, 7) is 3.64. The second-order valence-electron chi connectivity index (χ2n) is 5.89. The van der Waals surface area contributed by atoms with Crippen LogP contribution in [0.15, 0.2) is 41.1 Å². The van der Waals surface area contributed by atoms with Crippen LogP contribution in [0.2, 0.25) is 0 Å². The van der Waals surface area contributed by atoms with Gasteiger partial charge in [0.15, 0.2) is 0 Å². The second kappa shape index (κ2) is 7.12. The van der Waals surface area contributed by atoms with Crippen molar-refractivity contribution in [3.8, 4) is 5.88 Å². The maximum Gasteiger partial charge on any atom is 0.254 e. The highest BCUT2D eigenvalue weighted by molar-refractivity contribution is 5.67. The molecule has 1 aromatic heterocycles. The van der Waals surface area contributed by atoms with E-state index < -0.39 is 0 Å². The van der Waals surface area contributed by atoms with Crippen LogP contribution in [0.5, 0.6) is 5.88 Å². The van der Waals surface area contributed by atoms with E-state index in [1.165, 1.54) is 12.3 Å². The molecule has 0 bridgehead atoms. The summed E-state index contributed by atoms with van der Waals surface area (Å²) in [7, 11) is 0. The Labute approximate surface area is 144 Å². The van der Waals surface area contributed by atoms with Crippen LogP contribution in [0.4, 0.5) is 10.1 Å². The number of nitrogens with zero attached hydrogens (tertiary/aromatic N) is 2. The van der Waals surface area contributed by atoms with Crippen LogP contribution < -0.4 is 20.4 Å². The van der Waals surface area contributed by atoms with Crippen molar-refractivity contribution in [3.05, 3.63) is 48.0 Å². The highest BCUT2D eigenvalue weighted by Gasteiger charge is 2.21. The number of benzene rings is 1. The Morgan fingerprint density at radius 2 is 2.16 bits per heavy atom. The summed E-state index contributed by atoms with van der Waals surface area (Å²) < 4.78 is 24.7. The van der Waals surface area contributed by atoms with E-state index in [9.17, 15) is 4.39 Å². The lowest BCUT2D eigenvalue weighted by molar-refractivity contribution is 0.0219. The van der Waals surface area contributed by atoms with Crippen LogP contribution in [0, 0.1) is 5.82 Å². The lowest BCUT2D eigenvalue weighted by Crippen LogP contribution is -2.43. The van der Waals surface area contributed by atoms with Gasteiger partial charge in [0, 0.05) is 37.8 Å². The molecule has 1 unspecified atom stereocenters. The zero-order valence-corrected chi connectivity index (χ0v) is 13.6. The lowest BCUT2D eigenvalue weighted by atomic mass is 10.1. The van der Waals surface area contributed by atoms with Crippen molar-refractivity contribution < 1.29 is 18.5 Å². The number of nitrogens with one attached hydrogen (secondary N) is 2. The van der Waals surface area contributed by atoms with Gasteiger partial charge in [0.1, 0.15) is 24.8 Å². The molecule has 1 atom stereocenters. The van der Waals surface area contributed by atoms with Crippen molar-refractivity contribution in [1.82, 2.24) is 16.0 Å². The summed E-state index contributed by atoms with van der Waals surface area (Å²) >= 11 is 0. The standard InChI is InChI=1S/C17H19FN4O3/c18-14-9-12(1-2-16(14)22-6-4-19-5-7-22)15-10-13(25-20-15)11-23-17-3-8-24-21-17/h1-3,8-10,13,19-20H,4-7,11H2. The van der Waals surface area contributed by atoms with E-state index in [-0.39, 0.29) is 18.5 Å². The molecule has 132 valence electrons. The predicted octanol–water partition coefficient (Wildman–Crippen LogP) is 1.55. The number of hydrogen-bond acceptors (Lipinski definition) is 7. The third-order valence-electron chi connectivity index (χ3n) is 4.20. The molecule has 25 heavy (non-hydrogen) atoms. The quantitative estimate of drug-likeness (QED) is 0.851. The van der Waals surface area contributed by atoms with Gasteiger partial charge >= 0.3 is 0 Å². The van der Waals surface area contributed by atoms with Crippen LogP contribution in [0.1, 0.15) is 5.56 Å². The van der Waals surface area contributed by atoms with Gasteiger partial charge in [-0.25, -0.2) is 4.39 Å². The van der Waals surface area contributed by atoms with Crippen molar-refractivity contribution in [2.75, 3.05) is 37.7 Å². The van der Waals surface area contributed by atoms with Crippen LogP contribution >= 0.6 is 0 Å². The normalized spacial score (nSPS) is 20.3. The van der Waals surface area contributed by atoms with Crippen molar-refractivity contribution >= 4 is 11.4 Å². The minimum atomic E-state index is -0.289. The zero-order valence-electron chi connectivity index (χ0n) is 13.6. The van der Waals surface area contributed by atoms with Crippen molar-refractivity contribution in [2.45, 2.75) is 6.10 Å². The topological polar surface area (TPSA) is 71.8 Å². The largest absolute Gasteiger partial charge is 0.472 e. The average Bonchev–Trinajstić information content (AvgIpc) is 3.32. The minimum absolute atomic E-state index is 0.232. The van der Waals surface area contributed by atoms with Crippen LogP contribution in [0.3, 0.4) is 0 Å². The maximum absolute atomic E-state index is 14.5. The van der Waals surface area contributed by atoms with Crippen LogP contribution in [0.25, 0.3) is 5.70 Å². The number of piperazine rings is 1. The monoisotopic (exact) mass is 346 g/mol. The van der Waals surface area contributed by atoms with Gasteiger partial charge < -0.3 is 19.5 Å². The number of anilines is 1. The molecule has 1 aromatic carbocycles. The molecule has 0 radical (unpaired) electrons. The number of halogens is 1. The Hall–Kier alpha value is -2.58. The summed E-state index contributed by atoms with van der Waals surface area (Å²) in [5, 5.41) is 6.93. The first-order chi connectivity index (χ1) is 12.3. The number of aromatic nitrogens is 1. The van der Waals surface area contributed by atoms with Gasteiger partial charge in [-0.3, -0.25) is 10.3 Å². The molecule has 2 aromatic rings. The zero-order chi connectivity index (χ0) is 17.1. The minimum Gasteiger partial charge on any atom is -0.472 e. The first-order valence-corrected chi connectivity index (χ1v) is 8.22. The second-order valence-corrected chi connectivity index (χ2v) is 5.89. The van der Waals surface area contributed by atoms with Crippen LogP contribution in [-0.4, -0.2) is 44.0 Å². The highest BCUT2D eigenvalue weighted by atomic mass is 19.1. The van der Waals surface area contributed by atoms with E-state index in [0.717, 1.165) is 37.4 Å². The van der Waals surface area contributed by atoms with E-state index >= 15 is 0 Å². The number of hydroxylamine groups is 1. The molecule has 7 nitrogen and oxygen atoms in total. The summed E-state index contributed by atoms with van der Waals surface area (Å²) in [4.78, 5) is 7.49. The third kappa shape index (κ3) is 3.59. The predicted molar refractivity (Wildman–Crippen MR) is 89.5 cm³/mol. The van der Waals surface area contributed by atoms with E-state index in [1.54, 1.807) is 6.07 Å². The molecule has 2 N–H and O–H groups in total. The summed E-state index contributed by atoms with van der Waals surface area (Å²) in [6.07, 6.45) is 3.01. The Bertz CT molecular complexity index is 744. The van der Waals surface area contributed by atoms with Crippen molar-refractivity contribution in [2.24, 2.45) is 0 Å². The molecule has 2 aliphatic heterocycles. The maximum atomic E-state index is 14.5. The molecule has 0 amide bonds. The number of ether oxygens (including phenoxy) is 1. The SMILES string of the molecule is Fc1cc(C2=CC(COc3ccon3)ON2)ccc1N1CCNCC1. The fourth-order valence-corrected chi connectivity index (χ4v) is 2.91. The molecule has 0 saturated carbocycles. The highest BCUT2D eigenvalue weighted by Crippen LogP contribution is 2.26. The first-order valence-electron chi connectivity index (χ1n) is 8.22. The molecular weight excluding hydrogens is 327 g/mol. The van der Waals surface area contributed by atoms with Gasteiger partial charge in [0.2, 0.25) is 0 Å². The summed E-state index contributed by atoms with van der Waals surface area (Å²) in [6, 6.07) is 6.86. The Balaban J connectivity index is 1.42. The molecule has 8 heteroatoms. The fraction of sp³-hybridized carbons (Fsp3) is 0.353. The Morgan fingerprint density at radius 3 is 2.92 bits per heavy atom. The fourth-order valence-electron chi connectivity index (χ4n) is 2.91. The van der Waals surface area contributed by atoms with E-state index in [1.807, 2.05) is 18.2 Å². The Kier molecular flexibility index (Phi) is 4.53. The van der Waals surface area contributed by atoms with Gasteiger partial charge in [-0.15, -0.1) is 0 Å². The molecule has 3 heterocycles. The molecule has 2 aliphatic rings. The van der Waals surface area contributed by atoms with Gasteiger partial charge in [0.25, 0.3) is 5.88 Å². The number of rotatable bonds is 5. The Morgan fingerprint density at radius 1 is 1.28 bits per heavy atom. The van der Waals surface area contributed by atoms with Crippen LogP contribution in [-0.2, 0) is 4.84 Å². The van der Waals surface area contributed by atoms with E-state index in [0.29, 0.717) is 11.6 Å². The lowest BCUT2D eigenvalue weighted by Gasteiger charge is -2.29. The van der Waals surface area contributed by atoms with Gasteiger partial charge in [0.05, 0.1) is 11.4 Å². The van der Waals surface area contributed by atoms with Crippen molar-refractivity contribution in [3.63, 3.8) is 0 Å².